The zero-order chi connectivity index (χ0) is 17.6. The van der Waals surface area contributed by atoms with Crippen molar-refractivity contribution in [2.24, 2.45) is 5.92 Å². The van der Waals surface area contributed by atoms with Gasteiger partial charge >= 0.3 is 5.97 Å². The Balaban J connectivity index is 1.84. The number of methoxy groups -OCH3 is 1. The summed E-state index contributed by atoms with van der Waals surface area (Å²) < 4.78 is 10.1. The molecule has 0 heterocycles. The maximum Gasteiger partial charge on any atom is 0.308 e. The first kappa shape index (κ1) is 18.3. The van der Waals surface area contributed by atoms with E-state index in [1.165, 1.54) is 7.11 Å². The summed E-state index contributed by atoms with van der Waals surface area (Å²) in [7, 11) is 1.38. The van der Waals surface area contributed by atoms with Crippen molar-refractivity contribution in [2.45, 2.75) is 38.2 Å². The van der Waals surface area contributed by atoms with Crippen LogP contribution in [0.5, 0.6) is 5.75 Å². The van der Waals surface area contributed by atoms with Gasteiger partial charge in [0.05, 0.1) is 25.2 Å². The summed E-state index contributed by atoms with van der Waals surface area (Å²) >= 11 is 0. The largest absolute Gasteiger partial charge is 0.494 e. The number of amides is 1. The van der Waals surface area contributed by atoms with Crippen molar-refractivity contribution in [3.63, 3.8) is 0 Å². The minimum atomic E-state index is -0.967. The number of aliphatic hydroxyl groups is 1. The molecule has 0 atom stereocenters. The Hall–Kier alpha value is -2.08. The molecule has 0 radical (unpaired) electrons. The number of ether oxygens (including phenoxy) is 2. The van der Waals surface area contributed by atoms with Crippen LogP contribution in [0.3, 0.4) is 0 Å². The average Bonchev–Trinajstić information content (AvgIpc) is 2.61. The minimum absolute atomic E-state index is 0.155. The van der Waals surface area contributed by atoms with Gasteiger partial charge in [0.15, 0.2) is 0 Å². The van der Waals surface area contributed by atoms with Gasteiger partial charge in [-0.25, -0.2) is 0 Å². The van der Waals surface area contributed by atoms with Gasteiger partial charge in [0, 0.05) is 12.1 Å². The van der Waals surface area contributed by atoms with Gasteiger partial charge in [0.25, 0.3) is 5.91 Å². The molecule has 1 aromatic rings. The highest BCUT2D eigenvalue weighted by Gasteiger charge is 2.36. The quantitative estimate of drug-likeness (QED) is 0.776. The van der Waals surface area contributed by atoms with Crippen LogP contribution in [0.2, 0.25) is 0 Å². The highest BCUT2D eigenvalue weighted by Crippen LogP contribution is 2.32. The summed E-state index contributed by atoms with van der Waals surface area (Å²) in [6, 6.07) is 6.88. The number of nitrogens with one attached hydrogen (secondary N) is 1. The molecule has 0 aromatic heterocycles. The molecule has 2 N–H and O–H groups in total. The smallest absolute Gasteiger partial charge is 0.308 e. The summed E-state index contributed by atoms with van der Waals surface area (Å²) in [6.07, 6.45) is 2.08. The van der Waals surface area contributed by atoms with Crippen molar-refractivity contribution in [3.05, 3.63) is 29.8 Å². The van der Waals surface area contributed by atoms with Crippen molar-refractivity contribution < 1.29 is 24.2 Å². The molecule has 132 valence electrons. The number of hydrogen-bond acceptors (Lipinski definition) is 5. The van der Waals surface area contributed by atoms with Crippen LogP contribution in [-0.4, -0.2) is 42.8 Å². The van der Waals surface area contributed by atoms with Crippen molar-refractivity contribution in [3.8, 4) is 5.75 Å². The zero-order valence-corrected chi connectivity index (χ0v) is 14.2. The van der Waals surface area contributed by atoms with Gasteiger partial charge in [-0.3, -0.25) is 9.59 Å². The van der Waals surface area contributed by atoms with Crippen LogP contribution in [0, 0.1) is 5.92 Å². The Morgan fingerprint density at radius 2 is 1.88 bits per heavy atom. The Kier molecular flexibility index (Phi) is 6.20. The summed E-state index contributed by atoms with van der Waals surface area (Å²) in [5, 5.41) is 13.3. The number of rotatable bonds is 6. The third kappa shape index (κ3) is 4.71. The van der Waals surface area contributed by atoms with E-state index >= 15 is 0 Å². The Morgan fingerprint density at radius 3 is 2.42 bits per heavy atom. The molecule has 0 aliphatic heterocycles. The van der Waals surface area contributed by atoms with Crippen LogP contribution in [0.1, 0.15) is 43.0 Å². The fourth-order valence-corrected chi connectivity index (χ4v) is 2.95. The lowest BCUT2D eigenvalue weighted by atomic mass is 9.78. The van der Waals surface area contributed by atoms with E-state index in [4.69, 9.17) is 9.47 Å². The number of carbonyl (C=O) groups excluding carboxylic acids is 2. The molecule has 1 amide bonds. The van der Waals surface area contributed by atoms with E-state index in [1.807, 2.05) is 6.92 Å². The van der Waals surface area contributed by atoms with E-state index < -0.39 is 5.60 Å². The van der Waals surface area contributed by atoms with E-state index in [-0.39, 0.29) is 24.3 Å². The minimum Gasteiger partial charge on any atom is -0.494 e. The van der Waals surface area contributed by atoms with Crippen molar-refractivity contribution in [1.82, 2.24) is 5.32 Å². The second-order valence-electron chi connectivity index (χ2n) is 6.16. The third-order valence-electron chi connectivity index (χ3n) is 4.46. The fraction of sp³-hybridized carbons (Fsp3) is 0.556. The van der Waals surface area contributed by atoms with E-state index in [2.05, 4.69) is 5.32 Å². The molecule has 1 aliphatic rings. The molecule has 2 rings (SSSR count). The lowest BCUT2D eigenvalue weighted by molar-refractivity contribution is -0.148. The van der Waals surface area contributed by atoms with Gasteiger partial charge < -0.3 is 19.9 Å². The summed E-state index contributed by atoms with van der Waals surface area (Å²) in [4.78, 5) is 23.7. The predicted molar refractivity (Wildman–Crippen MR) is 88.9 cm³/mol. The molecule has 0 spiro atoms. The summed E-state index contributed by atoms with van der Waals surface area (Å²) in [6.45, 7) is 2.65. The van der Waals surface area contributed by atoms with Crippen LogP contribution in [0.4, 0.5) is 0 Å². The zero-order valence-electron chi connectivity index (χ0n) is 14.2. The topological polar surface area (TPSA) is 84.9 Å². The molecule has 0 saturated heterocycles. The van der Waals surface area contributed by atoms with Crippen LogP contribution < -0.4 is 10.1 Å². The van der Waals surface area contributed by atoms with E-state index in [0.29, 0.717) is 43.6 Å². The Bertz CT molecular complexity index is 561. The van der Waals surface area contributed by atoms with Crippen LogP contribution >= 0.6 is 0 Å². The Labute approximate surface area is 142 Å². The lowest BCUT2D eigenvalue weighted by Gasteiger charge is -2.35. The van der Waals surface area contributed by atoms with Crippen molar-refractivity contribution >= 4 is 11.9 Å². The van der Waals surface area contributed by atoms with Gasteiger partial charge in [-0.15, -0.1) is 0 Å². The van der Waals surface area contributed by atoms with Gasteiger partial charge in [0.1, 0.15) is 5.75 Å². The molecular weight excluding hydrogens is 310 g/mol. The van der Waals surface area contributed by atoms with Crippen molar-refractivity contribution in [2.75, 3.05) is 20.3 Å². The fourth-order valence-electron chi connectivity index (χ4n) is 2.95. The normalized spacial score (nSPS) is 23.4. The molecule has 6 nitrogen and oxygen atoms in total. The standard InChI is InChI=1S/C18H25NO5/c1-3-24-15-6-4-13(5-7-15)16(20)19-12-18(22)10-8-14(9-11-18)17(21)23-2/h4-7,14,22H,3,8-12H2,1-2H3,(H,19,20). The SMILES string of the molecule is CCOc1ccc(C(=O)NCC2(O)CCC(C(=O)OC)CC2)cc1. The van der Waals surface area contributed by atoms with Crippen LogP contribution in [0.15, 0.2) is 24.3 Å². The second-order valence-corrected chi connectivity index (χ2v) is 6.16. The number of benzene rings is 1. The van der Waals surface area contributed by atoms with E-state index in [1.54, 1.807) is 24.3 Å². The molecule has 0 unspecified atom stereocenters. The highest BCUT2D eigenvalue weighted by atomic mass is 16.5. The maximum atomic E-state index is 12.2. The number of carbonyl (C=O) groups is 2. The molecule has 0 bridgehead atoms. The average molecular weight is 335 g/mol. The molecule has 1 saturated carbocycles. The third-order valence-corrected chi connectivity index (χ3v) is 4.46. The molecule has 24 heavy (non-hydrogen) atoms. The molecule has 6 heteroatoms. The molecule has 1 fully saturated rings. The number of esters is 1. The predicted octanol–water partition coefficient (Wildman–Crippen LogP) is 1.91. The first-order valence-electron chi connectivity index (χ1n) is 8.28. The number of hydrogen-bond donors (Lipinski definition) is 2. The lowest BCUT2D eigenvalue weighted by Crippen LogP contribution is -2.46. The first-order chi connectivity index (χ1) is 11.5. The summed E-state index contributed by atoms with van der Waals surface area (Å²) in [5.41, 5.74) is -0.448. The van der Waals surface area contributed by atoms with Crippen LogP contribution in [0.25, 0.3) is 0 Å². The van der Waals surface area contributed by atoms with Gasteiger partial charge in [-0.2, -0.15) is 0 Å². The first-order valence-corrected chi connectivity index (χ1v) is 8.28. The van der Waals surface area contributed by atoms with Gasteiger partial charge in [0.2, 0.25) is 0 Å². The Morgan fingerprint density at radius 1 is 1.25 bits per heavy atom. The van der Waals surface area contributed by atoms with Crippen LogP contribution in [-0.2, 0) is 9.53 Å². The second kappa shape index (κ2) is 8.15. The maximum absolute atomic E-state index is 12.2. The highest BCUT2D eigenvalue weighted by molar-refractivity contribution is 5.94. The van der Waals surface area contributed by atoms with Crippen molar-refractivity contribution in [1.29, 1.82) is 0 Å². The molecule has 1 aromatic carbocycles. The monoisotopic (exact) mass is 335 g/mol. The van der Waals surface area contributed by atoms with E-state index in [9.17, 15) is 14.7 Å². The molecular formula is C18H25NO5. The summed E-state index contributed by atoms with van der Waals surface area (Å²) in [5.74, 6) is 0.0999. The van der Waals surface area contributed by atoms with E-state index in [0.717, 1.165) is 0 Å². The van der Waals surface area contributed by atoms with Gasteiger partial charge in [-0.05, 0) is 56.9 Å². The van der Waals surface area contributed by atoms with Gasteiger partial charge in [-0.1, -0.05) is 0 Å². The molecule has 1 aliphatic carbocycles.